The minimum Gasteiger partial charge on any atom is -0.381 e. The van der Waals surface area contributed by atoms with Gasteiger partial charge in [0.2, 0.25) is 0 Å². The lowest BCUT2D eigenvalue weighted by Crippen LogP contribution is -2.14. The van der Waals surface area contributed by atoms with Crippen LogP contribution in [0.4, 0.5) is 5.69 Å². The van der Waals surface area contributed by atoms with Crippen LogP contribution in [0.25, 0.3) is 0 Å². The van der Waals surface area contributed by atoms with Crippen LogP contribution in [0.1, 0.15) is 11.1 Å². The Morgan fingerprint density at radius 3 is 2.50 bits per heavy atom. The van der Waals surface area contributed by atoms with E-state index in [2.05, 4.69) is 29.3 Å². The lowest BCUT2D eigenvalue weighted by molar-refractivity contribution is -0.124. The number of carbonyl (C=O) groups is 1. The molecule has 0 fully saturated rings. The molecule has 0 saturated carbocycles. The average molecular weight is 292 g/mol. The maximum Gasteiger partial charge on any atom is 0.267 e. The summed E-state index contributed by atoms with van der Waals surface area (Å²) in [5.41, 5.74) is 4.58. The zero-order chi connectivity index (χ0) is 15.6. The minimum absolute atomic E-state index is 0.602. The zero-order valence-electron chi connectivity index (χ0n) is 11.9. The molecule has 2 rings (SSSR count). The van der Waals surface area contributed by atoms with E-state index in [1.165, 1.54) is 17.1 Å². The van der Waals surface area contributed by atoms with Gasteiger partial charge in [-0.15, -0.1) is 0 Å². The highest BCUT2D eigenvalue weighted by Gasteiger charge is 1.93. The first kappa shape index (κ1) is 15.4. The summed E-state index contributed by atoms with van der Waals surface area (Å²) in [5, 5.41) is 11.6. The number of benzene rings is 2. The first-order valence-corrected chi connectivity index (χ1v) is 6.78. The van der Waals surface area contributed by atoms with Crippen molar-refractivity contribution in [1.29, 1.82) is 0 Å². The Morgan fingerprint density at radius 2 is 1.82 bits per heavy atom. The van der Waals surface area contributed by atoms with Crippen molar-refractivity contribution in [3.8, 4) is 11.8 Å². The molecule has 1 amide bonds. The maximum atomic E-state index is 10.7. The SMILES string of the molecule is O=C(/C=C/C#Cc1ccc(NCc2ccccc2)cc1)NO. The highest BCUT2D eigenvalue weighted by molar-refractivity contribution is 5.86. The van der Waals surface area contributed by atoms with Crippen LogP contribution in [0.15, 0.2) is 66.7 Å². The number of hydrogen-bond acceptors (Lipinski definition) is 3. The molecule has 110 valence electrons. The van der Waals surface area contributed by atoms with Crippen LogP contribution in [0.5, 0.6) is 0 Å². The molecule has 2 aromatic carbocycles. The maximum absolute atomic E-state index is 10.7. The fourth-order valence-corrected chi connectivity index (χ4v) is 1.75. The Bertz CT molecular complexity index is 695. The Labute approximate surface area is 129 Å². The quantitative estimate of drug-likeness (QED) is 0.351. The van der Waals surface area contributed by atoms with Crippen molar-refractivity contribution in [2.24, 2.45) is 0 Å². The average Bonchev–Trinajstić information content (AvgIpc) is 2.58. The molecule has 0 aliphatic heterocycles. The number of hydrogen-bond donors (Lipinski definition) is 3. The number of rotatable bonds is 4. The summed E-state index contributed by atoms with van der Waals surface area (Å²) in [6, 6.07) is 17.9. The molecule has 0 radical (unpaired) electrons. The molecule has 0 spiro atoms. The molecule has 3 N–H and O–H groups in total. The van der Waals surface area contributed by atoms with Gasteiger partial charge >= 0.3 is 0 Å². The largest absolute Gasteiger partial charge is 0.381 e. The molecule has 4 nitrogen and oxygen atoms in total. The van der Waals surface area contributed by atoms with E-state index in [1.54, 1.807) is 0 Å². The summed E-state index contributed by atoms with van der Waals surface area (Å²) in [6.45, 7) is 0.769. The summed E-state index contributed by atoms with van der Waals surface area (Å²) in [7, 11) is 0. The normalized spacial score (nSPS) is 9.86. The van der Waals surface area contributed by atoms with Gasteiger partial charge in [0.05, 0.1) is 0 Å². The number of nitrogens with one attached hydrogen (secondary N) is 2. The molecule has 4 heteroatoms. The molecule has 0 saturated heterocycles. The second-order valence-electron chi connectivity index (χ2n) is 4.50. The van der Waals surface area contributed by atoms with Crippen LogP contribution in [-0.2, 0) is 11.3 Å². The van der Waals surface area contributed by atoms with Crippen LogP contribution < -0.4 is 10.8 Å². The molecule has 0 atom stereocenters. The molecule has 0 unspecified atom stereocenters. The van der Waals surface area contributed by atoms with Crippen LogP contribution in [0, 0.1) is 11.8 Å². The van der Waals surface area contributed by atoms with Crippen LogP contribution in [-0.4, -0.2) is 11.1 Å². The van der Waals surface area contributed by atoms with Crippen molar-refractivity contribution in [3.63, 3.8) is 0 Å². The van der Waals surface area contributed by atoms with Gasteiger partial charge in [-0.1, -0.05) is 42.2 Å². The van der Waals surface area contributed by atoms with Gasteiger partial charge in [0.15, 0.2) is 0 Å². The van der Waals surface area contributed by atoms with Gasteiger partial charge in [-0.05, 0) is 35.9 Å². The van der Waals surface area contributed by atoms with Crippen molar-refractivity contribution in [2.75, 3.05) is 5.32 Å². The fraction of sp³-hybridized carbons (Fsp3) is 0.0556. The molecule has 0 aliphatic rings. The summed E-state index contributed by atoms with van der Waals surface area (Å²) in [6.07, 6.45) is 2.54. The summed E-state index contributed by atoms with van der Waals surface area (Å²) < 4.78 is 0. The molecule has 0 bridgehead atoms. The summed E-state index contributed by atoms with van der Waals surface area (Å²) in [5.74, 6) is 5.02. The lowest BCUT2D eigenvalue weighted by atomic mass is 10.2. The van der Waals surface area contributed by atoms with Gasteiger partial charge in [0.1, 0.15) is 0 Å². The second-order valence-corrected chi connectivity index (χ2v) is 4.50. The van der Waals surface area contributed by atoms with Gasteiger partial charge < -0.3 is 5.32 Å². The van der Waals surface area contributed by atoms with Gasteiger partial charge in [0, 0.05) is 23.9 Å². The van der Waals surface area contributed by atoms with Crippen molar-refractivity contribution < 1.29 is 10.0 Å². The van der Waals surface area contributed by atoms with Gasteiger partial charge in [-0.2, -0.15) is 0 Å². The van der Waals surface area contributed by atoms with Gasteiger partial charge in [0.25, 0.3) is 5.91 Å². The Morgan fingerprint density at radius 1 is 1.09 bits per heavy atom. The number of anilines is 1. The van der Waals surface area contributed by atoms with E-state index < -0.39 is 5.91 Å². The van der Waals surface area contributed by atoms with Gasteiger partial charge in [-0.3, -0.25) is 10.0 Å². The minimum atomic E-state index is -0.602. The Hall–Kier alpha value is -3.03. The first-order valence-electron chi connectivity index (χ1n) is 6.78. The highest BCUT2D eigenvalue weighted by Crippen LogP contribution is 2.10. The van der Waals surface area contributed by atoms with E-state index in [0.29, 0.717) is 0 Å². The smallest absolute Gasteiger partial charge is 0.267 e. The number of allylic oxidation sites excluding steroid dienone is 1. The summed E-state index contributed by atoms with van der Waals surface area (Å²) >= 11 is 0. The standard InChI is InChI=1S/C18H16N2O2/c21-18(20-22)9-5-4-6-15-10-12-17(13-11-15)19-14-16-7-2-1-3-8-16/h1-3,5,7-13,19,22H,14H2,(H,20,21)/b9-5+. The van der Waals surface area contributed by atoms with Crippen molar-refractivity contribution in [3.05, 3.63) is 77.9 Å². The molecule has 0 aromatic heterocycles. The zero-order valence-corrected chi connectivity index (χ0v) is 11.9. The first-order chi connectivity index (χ1) is 10.8. The molecule has 0 heterocycles. The monoisotopic (exact) mass is 292 g/mol. The van der Waals surface area contributed by atoms with E-state index in [4.69, 9.17) is 5.21 Å². The van der Waals surface area contributed by atoms with E-state index in [1.807, 2.05) is 42.5 Å². The predicted octanol–water partition coefficient (Wildman–Crippen LogP) is 2.71. The van der Waals surface area contributed by atoms with E-state index >= 15 is 0 Å². The second kappa shape index (κ2) is 8.30. The van der Waals surface area contributed by atoms with Crippen molar-refractivity contribution in [1.82, 2.24) is 5.48 Å². The third-order valence-electron chi connectivity index (χ3n) is 2.87. The van der Waals surface area contributed by atoms with Crippen LogP contribution >= 0.6 is 0 Å². The van der Waals surface area contributed by atoms with Gasteiger partial charge in [-0.25, -0.2) is 5.48 Å². The third-order valence-corrected chi connectivity index (χ3v) is 2.87. The van der Waals surface area contributed by atoms with Crippen molar-refractivity contribution in [2.45, 2.75) is 6.54 Å². The molecular weight excluding hydrogens is 276 g/mol. The van der Waals surface area contributed by atoms with E-state index in [9.17, 15) is 4.79 Å². The number of hydroxylamine groups is 1. The number of carbonyl (C=O) groups excluding carboxylic acids is 1. The topological polar surface area (TPSA) is 61.4 Å². The summed E-state index contributed by atoms with van der Waals surface area (Å²) in [4.78, 5) is 10.7. The highest BCUT2D eigenvalue weighted by atomic mass is 16.5. The number of amides is 1. The van der Waals surface area contributed by atoms with Crippen LogP contribution in [0.2, 0.25) is 0 Å². The predicted molar refractivity (Wildman–Crippen MR) is 86.2 cm³/mol. The van der Waals surface area contributed by atoms with Crippen molar-refractivity contribution >= 4 is 11.6 Å². The molecular formula is C18H16N2O2. The Kier molecular flexibility index (Phi) is 5.80. The molecule has 0 aliphatic carbocycles. The van der Waals surface area contributed by atoms with Crippen LogP contribution in [0.3, 0.4) is 0 Å². The fourth-order valence-electron chi connectivity index (χ4n) is 1.75. The van der Waals surface area contributed by atoms with E-state index in [0.717, 1.165) is 23.9 Å². The Balaban J connectivity index is 1.89. The molecule has 2 aromatic rings. The lowest BCUT2D eigenvalue weighted by Gasteiger charge is -2.06. The molecule has 22 heavy (non-hydrogen) atoms. The third kappa shape index (κ3) is 5.16. The van der Waals surface area contributed by atoms with E-state index in [-0.39, 0.29) is 0 Å².